The highest BCUT2D eigenvalue weighted by Gasteiger charge is 2.09. The minimum atomic E-state index is -0.479. The molecule has 0 aliphatic heterocycles. The molecule has 1 atom stereocenters. The second-order valence-electron chi connectivity index (χ2n) is 3.24. The number of hydrogen-bond acceptors (Lipinski definition) is 4. The number of carbonyl (C=O) groups is 1. The van der Waals surface area contributed by atoms with Crippen LogP contribution in [0.4, 0.5) is 0 Å². The van der Waals surface area contributed by atoms with Crippen LogP contribution in [0.3, 0.4) is 0 Å². The number of Topliss-reactive ketones (excluding diaryl/α,β-unsaturated/α-hetero) is 1. The van der Waals surface area contributed by atoms with E-state index in [0.29, 0.717) is 11.3 Å². The highest BCUT2D eigenvalue weighted by Crippen LogP contribution is 2.22. The number of aromatic hydroxyl groups is 1. The summed E-state index contributed by atoms with van der Waals surface area (Å²) in [5.74, 6) is 0.0901. The Morgan fingerprint density at radius 2 is 2.29 bits per heavy atom. The smallest absolute Gasteiger partial charge is 0.146 e. The van der Waals surface area contributed by atoms with Crippen molar-refractivity contribution in [2.24, 2.45) is 5.73 Å². The summed E-state index contributed by atoms with van der Waals surface area (Å²) in [6, 6.07) is 4.51. The maximum Gasteiger partial charge on any atom is 0.146 e. The van der Waals surface area contributed by atoms with Crippen LogP contribution in [0.1, 0.15) is 12.5 Å². The Morgan fingerprint density at radius 3 is 2.79 bits per heavy atom. The Morgan fingerprint density at radius 1 is 1.64 bits per heavy atom. The number of thiol groups is 1. The third kappa shape index (κ3) is 2.75. The Hall–Kier alpha value is -1.00. The predicted molar refractivity (Wildman–Crippen MR) is 57.7 cm³/mol. The van der Waals surface area contributed by atoms with Crippen LogP contribution in [0, 0.1) is 0 Å². The predicted octanol–water partition coefficient (Wildman–Crippen LogP) is 1.14. The van der Waals surface area contributed by atoms with Gasteiger partial charge >= 0.3 is 0 Å². The molecule has 0 radical (unpaired) electrons. The number of benzene rings is 1. The number of rotatable bonds is 3. The second kappa shape index (κ2) is 4.48. The molecule has 0 aliphatic carbocycles. The van der Waals surface area contributed by atoms with E-state index >= 15 is 0 Å². The maximum absolute atomic E-state index is 10.9. The summed E-state index contributed by atoms with van der Waals surface area (Å²) in [6.45, 7) is 1.46. The molecule has 3 N–H and O–H groups in total. The summed E-state index contributed by atoms with van der Waals surface area (Å²) in [5, 5.41) is 9.21. The first-order valence-corrected chi connectivity index (χ1v) is 4.72. The molecule has 1 unspecified atom stereocenters. The van der Waals surface area contributed by atoms with Gasteiger partial charge in [-0.15, -0.1) is 12.6 Å². The van der Waals surface area contributed by atoms with Gasteiger partial charge in [-0.25, -0.2) is 0 Å². The van der Waals surface area contributed by atoms with Gasteiger partial charge in [-0.1, -0.05) is 6.07 Å². The molecular weight excluding hydrogens is 198 g/mol. The molecule has 0 saturated carbocycles. The second-order valence-corrected chi connectivity index (χ2v) is 3.73. The van der Waals surface area contributed by atoms with E-state index in [9.17, 15) is 9.90 Å². The average Bonchev–Trinajstić information content (AvgIpc) is 2.11. The fraction of sp³-hybridized carbons (Fsp3) is 0.300. The lowest BCUT2D eigenvalue weighted by atomic mass is 10.0. The molecular formula is C10H13NO2S. The average molecular weight is 211 g/mol. The third-order valence-electron chi connectivity index (χ3n) is 2.02. The molecule has 76 valence electrons. The summed E-state index contributed by atoms with van der Waals surface area (Å²) >= 11 is 4.07. The van der Waals surface area contributed by atoms with Gasteiger partial charge in [0.15, 0.2) is 0 Å². The molecule has 0 spiro atoms. The Bertz CT molecular complexity index is 352. The quantitative estimate of drug-likeness (QED) is 0.657. The molecule has 0 amide bonds. The van der Waals surface area contributed by atoms with Gasteiger partial charge in [-0.05, 0) is 31.0 Å². The fourth-order valence-corrected chi connectivity index (χ4v) is 1.33. The monoisotopic (exact) mass is 211 g/mol. The van der Waals surface area contributed by atoms with Crippen molar-refractivity contribution in [1.82, 2.24) is 0 Å². The number of phenols is 1. The zero-order chi connectivity index (χ0) is 10.7. The third-order valence-corrected chi connectivity index (χ3v) is 2.38. The number of hydrogen-bond donors (Lipinski definition) is 3. The van der Waals surface area contributed by atoms with Crippen molar-refractivity contribution in [3.8, 4) is 5.75 Å². The van der Waals surface area contributed by atoms with Crippen molar-refractivity contribution < 1.29 is 9.90 Å². The van der Waals surface area contributed by atoms with Gasteiger partial charge in [0.05, 0.1) is 6.04 Å². The topological polar surface area (TPSA) is 63.3 Å². The lowest BCUT2D eigenvalue weighted by molar-refractivity contribution is -0.118. The van der Waals surface area contributed by atoms with Crippen molar-refractivity contribution in [2.45, 2.75) is 24.3 Å². The molecule has 0 bridgehead atoms. The summed E-state index contributed by atoms with van der Waals surface area (Å²) in [5.41, 5.74) is 6.50. The Labute approximate surface area is 88.3 Å². The summed E-state index contributed by atoms with van der Waals surface area (Å²) in [4.78, 5) is 11.4. The zero-order valence-electron chi connectivity index (χ0n) is 7.90. The van der Waals surface area contributed by atoms with E-state index in [1.807, 2.05) is 0 Å². The standard InChI is InChI=1S/C10H13NO2S/c1-6(12)8(11)4-7-2-3-9(13)10(14)5-7/h2-3,5,8,13-14H,4,11H2,1H3. The molecule has 1 aromatic rings. The molecule has 0 aromatic heterocycles. The first-order chi connectivity index (χ1) is 6.50. The van der Waals surface area contributed by atoms with E-state index in [1.54, 1.807) is 18.2 Å². The molecule has 14 heavy (non-hydrogen) atoms. The van der Waals surface area contributed by atoms with Crippen LogP contribution in [0.5, 0.6) is 5.75 Å². The van der Waals surface area contributed by atoms with E-state index < -0.39 is 6.04 Å². The molecule has 1 aromatic carbocycles. The van der Waals surface area contributed by atoms with Crippen LogP contribution in [0.25, 0.3) is 0 Å². The number of nitrogens with two attached hydrogens (primary N) is 1. The van der Waals surface area contributed by atoms with Crippen molar-refractivity contribution in [2.75, 3.05) is 0 Å². The fourth-order valence-electron chi connectivity index (χ4n) is 1.09. The lowest BCUT2D eigenvalue weighted by Crippen LogP contribution is -2.30. The van der Waals surface area contributed by atoms with Gasteiger partial charge in [0.2, 0.25) is 0 Å². The first kappa shape index (κ1) is 11.1. The number of phenolic OH excluding ortho intramolecular Hbond substituents is 1. The lowest BCUT2D eigenvalue weighted by Gasteiger charge is -2.08. The van der Waals surface area contributed by atoms with Gasteiger partial charge in [0.1, 0.15) is 11.5 Å². The van der Waals surface area contributed by atoms with Crippen molar-refractivity contribution in [1.29, 1.82) is 0 Å². The van der Waals surface area contributed by atoms with Crippen molar-refractivity contribution in [3.63, 3.8) is 0 Å². The van der Waals surface area contributed by atoms with Crippen LogP contribution in [0.15, 0.2) is 23.1 Å². The van der Waals surface area contributed by atoms with Gasteiger partial charge in [-0.2, -0.15) is 0 Å². The highest BCUT2D eigenvalue weighted by atomic mass is 32.1. The maximum atomic E-state index is 10.9. The van der Waals surface area contributed by atoms with Crippen LogP contribution in [-0.4, -0.2) is 16.9 Å². The molecule has 0 fully saturated rings. The molecule has 0 saturated heterocycles. The van der Waals surface area contributed by atoms with Crippen molar-refractivity contribution >= 4 is 18.4 Å². The van der Waals surface area contributed by atoms with Crippen LogP contribution < -0.4 is 5.73 Å². The SMILES string of the molecule is CC(=O)C(N)Cc1ccc(O)c(S)c1. The largest absolute Gasteiger partial charge is 0.507 e. The molecule has 1 rings (SSSR count). The Kier molecular flexibility index (Phi) is 3.55. The number of ketones is 1. The van der Waals surface area contributed by atoms with E-state index in [4.69, 9.17) is 5.73 Å². The minimum Gasteiger partial charge on any atom is -0.507 e. The van der Waals surface area contributed by atoms with Crippen LogP contribution in [-0.2, 0) is 11.2 Å². The normalized spacial score (nSPS) is 12.5. The zero-order valence-corrected chi connectivity index (χ0v) is 8.79. The molecule has 4 heteroatoms. The summed E-state index contributed by atoms with van der Waals surface area (Å²) in [7, 11) is 0. The molecule has 0 aliphatic rings. The van der Waals surface area contributed by atoms with E-state index in [1.165, 1.54) is 6.92 Å². The molecule has 0 heterocycles. The van der Waals surface area contributed by atoms with E-state index in [2.05, 4.69) is 12.6 Å². The van der Waals surface area contributed by atoms with Gasteiger partial charge in [0.25, 0.3) is 0 Å². The van der Waals surface area contributed by atoms with E-state index in [0.717, 1.165) is 5.56 Å². The van der Waals surface area contributed by atoms with Crippen LogP contribution in [0.2, 0.25) is 0 Å². The Balaban J connectivity index is 2.78. The summed E-state index contributed by atoms with van der Waals surface area (Å²) in [6.07, 6.45) is 0.475. The van der Waals surface area contributed by atoms with Gasteiger partial charge in [0, 0.05) is 4.90 Å². The summed E-state index contributed by atoms with van der Waals surface area (Å²) < 4.78 is 0. The highest BCUT2D eigenvalue weighted by molar-refractivity contribution is 7.80. The van der Waals surface area contributed by atoms with Gasteiger partial charge < -0.3 is 10.8 Å². The van der Waals surface area contributed by atoms with Crippen LogP contribution >= 0.6 is 12.6 Å². The first-order valence-electron chi connectivity index (χ1n) is 4.27. The van der Waals surface area contributed by atoms with Crippen molar-refractivity contribution in [3.05, 3.63) is 23.8 Å². The van der Waals surface area contributed by atoms with E-state index in [-0.39, 0.29) is 11.5 Å². The number of carbonyl (C=O) groups excluding carboxylic acids is 1. The van der Waals surface area contributed by atoms with Gasteiger partial charge in [-0.3, -0.25) is 4.79 Å². The molecule has 3 nitrogen and oxygen atoms in total. The minimum absolute atomic E-state index is 0.0428.